The van der Waals surface area contributed by atoms with Crippen molar-refractivity contribution in [3.05, 3.63) is 23.9 Å². The van der Waals surface area contributed by atoms with E-state index >= 15 is 0 Å². The third-order valence-corrected chi connectivity index (χ3v) is 2.21. The summed E-state index contributed by atoms with van der Waals surface area (Å²) in [4.78, 5) is 11.4. The van der Waals surface area contributed by atoms with Gasteiger partial charge < -0.3 is 5.73 Å². The van der Waals surface area contributed by atoms with E-state index in [4.69, 9.17) is 5.73 Å². The number of anilines is 1. The van der Waals surface area contributed by atoms with Gasteiger partial charge in [0.1, 0.15) is 0 Å². The molecule has 6 nitrogen and oxygen atoms in total. The van der Waals surface area contributed by atoms with Gasteiger partial charge in [0, 0.05) is 6.20 Å². The molecule has 0 aliphatic carbocycles. The van der Waals surface area contributed by atoms with Gasteiger partial charge in [0.15, 0.2) is 5.65 Å². The van der Waals surface area contributed by atoms with E-state index in [1.54, 1.807) is 11.3 Å². The Kier molecular flexibility index (Phi) is 4.03. The lowest BCUT2D eigenvalue weighted by atomic mass is 10.3. The predicted molar refractivity (Wildman–Crippen MR) is 67.3 cm³/mol. The summed E-state index contributed by atoms with van der Waals surface area (Å²) < 4.78 is 1.70. The number of rotatable bonds is 2. The van der Waals surface area contributed by atoms with Gasteiger partial charge in [-0.25, -0.2) is 0 Å². The van der Waals surface area contributed by atoms with E-state index in [1.807, 2.05) is 25.3 Å². The Bertz CT molecular complexity index is 536. The minimum Gasteiger partial charge on any atom is -0.320 e. The van der Waals surface area contributed by atoms with Crippen molar-refractivity contribution in [3.8, 4) is 0 Å². The molecule has 0 spiro atoms. The number of hydrogen-bond acceptors (Lipinski definition) is 4. The molecule has 17 heavy (non-hydrogen) atoms. The Labute approximate surface area is 105 Å². The number of nitrogens with one attached hydrogen (secondary N) is 1. The van der Waals surface area contributed by atoms with Crippen LogP contribution in [-0.2, 0) is 4.79 Å². The minimum atomic E-state index is -0.571. The first-order valence-electron chi connectivity index (χ1n) is 4.96. The second-order valence-electron chi connectivity index (χ2n) is 3.73. The van der Waals surface area contributed by atoms with Crippen molar-refractivity contribution in [2.75, 3.05) is 5.32 Å². The van der Waals surface area contributed by atoms with E-state index in [9.17, 15) is 4.79 Å². The van der Waals surface area contributed by atoms with Crippen molar-refractivity contribution in [1.82, 2.24) is 14.6 Å². The van der Waals surface area contributed by atoms with Crippen LogP contribution in [0.1, 0.15) is 12.5 Å². The quantitative estimate of drug-likeness (QED) is 0.829. The molecule has 0 radical (unpaired) electrons. The zero-order valence-electron chi connectivity index (χ0n) is 9.54. The van der Waals surface area contributed by atoms with Crippen molar-refractivity contribution in [2.24, 2.45) is 5.73 Å². The van der Waals surface area contributed by atoms with Crippen molar-refractivity contribution in [2.45, 2.75) is 19.9 Å². The molecule has 0 aromatic carbocycles. The summed E-state index contributed by atoms with van der Waals surface area (Å²) in [5.41, 5.74) is 7.23. The van der Waals surface area contributed by atoms with E-state index in [-0.39, 0.29) is 18.3 Å². The Balaban J connectivity index is 0.00000144. The molecule has 2 rings (SSSR count). The fourth-order valence-electron chi connectivity index (χ4n) is 1.30. The number of pyridine rings is 1. The SMILES string of the molecule is Cc1ccn2c(NC(=O)C(C)N)nnc2c1.Cl. The van der Waals surface area contributed by atoms with Gasteiger partial charge in [0.05, 0.1) is 6.04 Å². The average molecular weight is 256 g/mol. The first-order valence-corrected chi connectivity index (χ1v) is 4.96. The van der Waals surface area contributed by atoms with Crippen LogP contribution < -0.4 is 11.1 Å². The van der Waals surface area contributed by atoms with E-state index < -0.39 is 6.04 Å². The molecule has 1 atom stereocenters. The van der Waals surface area contributed by atoms with Gasteiger partial charge in [-0.1, -0.05) is 0 Å². The Morgan fingerprint density at radius 1 is 1.53 bits per heavy atom. The maximum absolute atomic E-state index is 11.4. The topological polar surface area (TPSA) is 85.3 Å². The summed E-state index contributed by atoms with van der Waals surface area (Å²) in [5.74, 6) is 0.104. The molecular formula is C10H14ClN5O. The number of amides is 1. The maximum atomic E-state index is 11.4. The third kappa shape index (κ3) is 2.72. The molecule has 0 aliphatic rings. The highest BCUT2D eigenvalue weighted by atomic mass is 35.5. The van der Waals surface area contributed by atoms with Crippen LogP contribution in [0.3, 0.4) is 0 Å². The lowest BCUT2D eigenvalue weighted by molar-refractivity contribution is -0.117. The van der Waals surface area contributed by atoms with E-state index in [2.05, 4.69) is 15.5 Å². The zero-order valence-corrected chi connectivity index (χ0v) is 10.4. The summed E-state index contributed by atoms with van der Waals surface area (Å²) in [6, 6.07) is 3.23. The van der Waals surface area contributed by atoms with Gasteiger partial charge >= 0.3 is 0 Å². The second kappa shape index (κ2) is 5.11. The Morgan fingerprint density at radius 2 is 2.24 bits per heavy atom. The first-order chi connectivity index (χ1) is 7.58. The van der Waals surface area contributed by atoms with E-state index in [0.29, 0.717) is 11.6 Å². The molecule has 0 saturated carbocycles. The third-order valence-electron chi connectivity index (χ3n) is 2.21. The van der Waals surface area contributed by atoms with Gasteiger partial charge in [-0.05, 0) is 31.5 Å². The summed E-state index contributed by atoms with van der Waals surface area (Å²) >= 11 is 0. The molecule has 1 amide bonds. The second-order valence-corrected chi connectivity index (χ2v) is 3.73. The van der Waals surface area contributed by atoms with Crippen molar-refractivity contribution in [3.63, 3.8) is 0 Å². The number of carbonyl (C=O) groups excluding carboxylic acids is 1. The predicted octanol–water partition coefficient (Wildman–Crippen LogP) is 0.745. The van der Waals surface area contributed by atoms with Crippen LogP contribution in [0.15, 0.2) is 18.3 Å². The lowest BCUT2D eigenvalue weighted by Gasteiger charge is -2.05. The molecule has 92 valence electrons. The van der Waals surface area contributed by atoms with Crippen LogP contribution in [0, 0.1) is 6.92 Å². The Morgan fingerprint density at radius 3 is 2.88 bits per heavy atom. The molecule has 3 N–H and O–H groups in total. The van der Waals surface area contributed by atoms with Gasteiger partial charge in [0.25, 0.3) is 0 Å². The van der Waals surface area contributed by atoms with E-state index in [1.165, 1.54) is 0 Å². The van der Waals surface area contributed by atoms with Crippen molar-refractivity contribution in [1.29, 1.82) is 0 Å². The molecule has 7 heteroatoms. The van der Waals surface area contributed by atoms with Crippen LogP contribution in [0.5, 0.6) is 0 Å². The number of fused-ring (bicyclic) bond motifs is 1. The molecule has 2 aromatic rings. The molecule has 2 heterocycles. The fraction of sp³-hybridized carbons (Fsp3) is 0.300. The molecule has 0 saturated heterocycles. The molecule has 2 aromatic heterocycles. The molecule has 0 fully saturated rings. The summed E-state index contributed by atoms with van der Waals surface area (Å²) in [6.45, 7) is 3.58. The van der Waals surface area contributed by atoms with E-state index in [0.717, 1.165) is 5.56 Å². The zero-order chi connectivity index (χ0) is 11.7. The minimum absolute atomic E-state index is 0. The fourth-order valence-corrected chi connectivity index (χ4v) is 1.30. The van der Waals surface area contributed by atoms with Gasteiger partial charge in [-0.2, -0.15) is 0 Å². The van der Waals surface area contributed by atoms with Crippen LogP contribution >= 0.6 is 12.4 Å². The highest BCUT2D eigenvalue weighted by molar-refractivity contribution is 5.93. The van der Waals surface area contributed by atoms with Gasteiger partial charge in [0.2, 0.25) is 11.9 Å². The Hall–Kier alpha value is -1.66. The molecule has 0 bridgehead atoms. The van der Waals surface area contributed by atoms with Gasteiger partial charge in [-0.15, -0.1) is 22.6 Å². The highest BCUT2D eigenvalue weighted by Gasteiger charge is 2.11. The van der Waals surface area contributed by atoms with Crippen molar-refractivity contribution < 1.29 is 4.79 Å². The summed E-state index contributed by atoms with van der Waals surface area (Å²) in [6.07, 6.45) is 1.81. The van der Waals surface area contributed by atoms with Crippen LogP contribution in [0.2, 0.25) is 0 Å². The number of nitrogens with zero attached hydrogens (tertiary/aromatic N) is 3. The first kappa shape index (κ1) is 13.4. The smallest absolute Gasteiger partial charge is 0.243 e. The lowest BCUT2D eigenvalue weighted by Crippen LogP contribution is -2.33. The normalized spacial score (nSPS) is 11.9. The monoisotopic (exact) mass is 255 g/mol. The van der Waals surface area contributed by atoms with Crippen molar-refractivity contribution >= 4 is 29.9 Å². The highest BCUT2D eigenvalue weighted by Crippen LogP contribution is 2.09. The standard InChI is InChI=1S/C10H13N5O.ClH/c1-6-3-4-15-8(5-6)13-14-10(15)12-9(16)7(2)11;/h3-5,7H,11H2,1-2H3,(H,12,14,16);1H. The molecule has 0 aliphatic heterocycles. The number of carbonyl (C=O) groups is 1. The summed E-state index contributed by atoms with van der Waals surface area (Å²) in [5, 5.41) is 10.4. The largest absolute Gasteiger partial charge is 0.320 e. The maximum Gasteiger partial charge on any atom is 0.243 e. The number of aryl methyl sites for hydroxylation is 1. The number of nitrogens with two attached hydrogens (primary N) is 1. The average Bonchev–Trinajstić information content (AvgIpc) is 2.60. The van der Waals surface area contributed by atoms with Crippen LogP contribution in [0.4, 0.5) is 5.95 Å². The molecular weight excluding hydrogens is 242 g/mol. The van der Waals surface area contributed by atoms with Crippen LogP contribution in [-0.4, -0.2) is 26.5 Å². The van der Waals surface area contributed by atoms with Gasteiger partial charge in [-0.3, -0.25) is 14.5 Å². The number of aromatic nitrogens is 3. The number of hydrogen-bond donors (Lipinski definition) is 2. The number of halogens is 1. The van der Waals surface area contributed by atoms with Crippen LogP contribution in [0.25, 0.3) is 5.65 Å². The summed E-state index contributed by atoms with van der Waals surface area (Å²) in [7, 11) is 0. The molecule has 1 unspecified atom stereocenters.